The summed E-state index contributed by atoms with van der Waals surface area (Å²) in [6, 6.07) is 14.7. The van der Waals surface area contributed by atoms with Crippen LogP contribution >= 0.6 is 0 Å². The number of para-hydroxylation sites is 2. The highest BCUT2D eigenvalue weighted by Gasteiger charge is 2.19. The second-order valence-corrected chi connectivity index (χ2v) is 6.04. The maximum absolute atomic E-state index is 12.3. The molecule has 1 aromatic heterocycles. The average Bonchev–Trinajstić information content (AvgIpc) is 2.70. The zero-order valence-corrected chi connectivity index (χ0v) is 15.8. The third kappa shape index (κ3) is 4.53. The van der Waals surface area contributed by atoms with Gasteiger partial charge in [0, 0.05) is 13.1 Å². The minimum atomic E-state index is -0.539. The Labute approximate surface area is 158 Å². The van der Waals surface area contributed by atoms with Crippen LogP contribution in [0.4, 0.5) is 0 Å². The average molecular weight is 365 g/mol. The Balaban J connectivity index is 1.65. The summed E-state index contributed by atoms with van der Waals surface area (Å²) in [7, 11) is 0. The molecule has 0 radical (unpaired) electrons. The number of carbonyl (C=O) groups is 1. The smallest absolute Gasteiger partial charge is 0.263 e. The number of aromatic nitrogens is 2. The molecule has 1 atom stereocenters. The van der Waals surface area contributed by atoms with Crippen molar-refractivity contribution in [2.75, 3.05) is 13.1 Å². The Kier molecular flexibility index (Phi) is 5.86. The van der Waals surface area contributed by atoms with Gasteiger partial charge in [0.1, 0.15) is 11.5 Å². The standard InChI is InChI=1S/C21H23N3O3/c1-4-24(5-2)21(25)15(3)26-16-10-12-17(13-11-16)27-20-14-22-18-8-6-7-9-19(18)23-20/h6-15H,4-5H2,1-3H3. The van der Waals surface area contributed by atoms with Gasteiger partial charge in [-0.05, 0) is 57.2 Å². The number of ether oxygens (including phenoxy) is 2. The normalized spacial score (nSPS) is 11.8. The van der Waals surface area contributed by atoms with Gasteiger partial charge in [-0.25, -0.2) is 9.97 Å². The Morgan fingerprint density at radius 2 is 1.63 bits per heavy atom. The fourth-order valence-corrected chi connectivity index (χ4v) is 2.74. The van der Waals surface area contributed by atoms with Crippen LogP contribution in [-0.4, -0.2) is 40.0 Å². The monoisotopic (exact) mass is 365 g/mol. The van der Waals surface area contributed by atoms with Gasteiger partial charge in [0.15, 0.2) is 6.10 Å². The fraction of sp³-hybridized carbons (Fsp3) is 0.286. The highest BCUT2D eigenvalue weighted by molar-refractivity contribution is 5.80. The molecule has 1 heterocycles. The van der Waals surface area contributed by atoms with Crippen molar-refractivity contribution in [2.45, 2.75) is 26.9 Å². The molecular weight excluding hydrogens is 342 g/mol. The molecule has 27 heavy (non-hydrogen) atoms. The summed E-state index contributed by atoms with van der Waals surface area (Å²) in [5, 5.41) is 0. The van der Waals surface area contributed by atoms with E-state index in [4.69, 9.17) is 9.47 Å². The van der Waals surface area contributed by atoms with Crippen LogP contribution in [-0.2, 0) is 4.79 Å². The number of likely N-dealkylation sites (N-methyl/N-ethyl adjacent to an activating group) is 1. The van der Waals surface area contributed by atoms with Crippen molar-refractivity contribution in [1.29, 1.82) is 0 Å². The van der Waals surface area contributed by atoms with Crippen LogP contribution in [0.1, 0.15) is 20.8 Å². The lowest BCUT2D eigenvalue weighted by Gasteiger charge is -2.23. The number of hydrogen-bond acceptors (Lipinski definition) is 5. The van der Waals surface area contributed by atoms with Gasteiger partial charge in [0.25, 0.3) is 5.91 Å². The van der Waals surface area contributed by atoms with Crippen LogP contribution in [0.5, 0.6) is 17.4 Å². The molecule has 2 aromatic carbocycles. The second kappa shape index (κ2) is 8.49. The zero-order chi connectivity index (χ0) is 19.2. The fourth-order valence-electron chi connectivity index (χ4n) is 2.74. The predicted octanol–water partition coefficient (Wildman–Crippen LogP) is 4.06. The number of benzene rings is 2. The predicted molar refractivity (Wildman–Crippen MR) is 104 cm³/mol. The van der Waals surface area contributed by atoms with Crippen LogP contribution in [0.25, 0.3) is 11.0 Å². The lowest BCUT2D eigenvalue weighted by molar-refractivity contribution is -0.137. The van der Waals surface area contributed by atoms with Gasteiger partial charge in [-0.1, -0.05) is 12.1 Å². The van der Waals surface area contributed by atoms with Crippen molar-refractivity contribution in [3.63, 3.8) is 0 Å². The van der Waals surface area contributed by atoms with Gasteiger partial charge < -0.3 is 14.4 Å². The third-order valence-corrected chi connectivity index (χ3v) is 4.21. The van der Waals surface area contributed by atoms with E-state index in [0.29, 0.717) is 30.5 Å². The molecule has 1 amide bonds. The first kappa shape index (κ1) is 18.6. The number of carbonyl (C=O) groups excluding carboxylic acids is 1. The van der Waals surface area contributed by atoms with E-state index in [0.717, 1.165) is 11.0 Å². The number of fused-ring (bicyclic) bond motifs is 1. The van der Waals surface area contributed by atoms with Crippen molar-refractivity contribution in [3.8, 4) is 17.4 Å². The Morgan fingerprint density at radius 3 is 2.30 bits per heavy atom. The van der Waals surface area contributed by atoms with Gasteiger partial charge in [-0.2, -0.15) is 0 Å². The lowest BCUT2D eigenvalue weighted by atomic mass is 10.3. The molecule has 0 bridgehead atoms. The molecule has 1 unspecified atom stereocenters. The van der Waals surface area contributed by atoms with Crippen LogP contribution in [0.2, 0.25) is 0 Å². The number of amides is 1. The summed E-state index contributed by atoms with van der Waals surface area (Å²) in [6.07, 6.45) is 1.06. The summed E-state index contributed by atoms with van der Waals surface area (Å²) in [6.45, 7) is 7.01. The third-order valence-electron chi connectivity index (χ3n) is 4.21. The maximum Gasteiger partial charge on any atom is 0.263 e. The molecule has 0 spiro atoms. The van der Waals surface area contributed by atoms with E-state index in [2.05, 4.69) is 9.97 Å². The number of nitrogens with zero attached hydrogens (tertiary/aromatic N) is 3. The molecule has 140 valence electrons. The lowest BCUT2D eigenvalue weighted by Crippen LogP contribution is -2.40. The summed E-state index contributed by atoms with van der Waals surface area (Å²) in [5.41, 5.74) is 1.60. The van der Waals surface area contributed by atoms with E-state index < -0.39 is 6.10 Å². The SMILES string of the molecule is CCN(CC)C(=O)C(C)Oc1ccc(Oc2cnc3ccccc3n2)cc1. The molecule has 6 heteroatoms. The second-order valence-electron chi connectivity index (χ2n) is 6.04. The van der Waals surface area contributed by atoms with Gasteiger partial charge >= 0.3 is 0 Å². The van der Waals surface area contributed by atoms with Crippen molar-refractivity contribution in [3.05, 3.63) is 54.7 Å². The molecule has 3 aromatic rings. The molecule has 0 saturated heterocycles. The maximum atomic E-state index is 12.3. The van der Waals surface area contributed by atoms with Crippen LogP contribution in [0.3, 0.4) is 0 Å². The molecule has 0 aliphatic heterocycles. The van der Waals surface area contributed by atoms with E-state index >= 15 is 0 Å². The minimum absolute atomic E-state index is 0.0215. The summed E-state index contributed by atoms with van der Waals surface area (Å²) >= 11 is 0. The number of hydrogen-bond donors (Lipinski definition) is 0. The van der Waals surface area contributed by atoms with E-state index in [-0.39, 0.29) is 5.91 Å². The van der Waals surface area contributed by atoms with Crippen LogP contribution in [0, 0.1) is 0 Å². The highest BCUT2D eigenvalue weighted by Crippen LogP contribution is 2.24. The Hall–Kier alpha value is -3.15. The van der Waals surface area contributed by atoms with Gasteiger partial charge in [0.2, 0.25) is 5.88 Å². The first-order chi connectivity index (χ1) is 13.1. The summed E-state index contributed by atoms with van der Waals surface area (Å²) < 4.78 is 11.5. The molecule has 0 aliphatic carbocycles. The van der Waals surface area contributed by atoms with Gasteiger partial charge in [0.05, 0.1) is 17.2 Å². The van der Waals surface area contributed by atoms with Crippen LogP contribution in [0.15, 0.2) is 54.7 Å². The van der Waals surface area contributed by atoms with Crippen LogP contribution < -0.4 is 9.47 Å². The molecule has 3 rings (SSSR count). The highest BCUT2D eigenvalue weighted by atomic mass is 16.5. The molecule has 0 aliphatic rings. The minimum Gasteiger partial charge on any atom is -0.481 e. The summed E-state index contributed by atoms with van der Waals surface area (Å²) in [4.78, 5) is 22.8. The molecule has 6 nitrogen and oxygen atoms in total. The van der Waals surface area contributed by atoms with Gasteiger partial charge in [-0.15, -0.1) is 0 Å². The molecule has 0 saturated carbocycles. The van der Waals surface area contributed by atoms with Crippen molar-refractivity contribution >= 4 is 16.9 Å². The van der Waals surface area contributed by atoms with E-state index in [9.17, 15) is 4.79 Å². The van der Waals surface area contributed by atoms with E-state index in [1.807, 2.05) is 38.1 Å². The summed E-state index contributed by atoms with van der Waals surface area (Å²) in [5.74, 6) is 1.63. The Bertz CT molecular complexity index is 908. The molecular formula is C21H23N3O3. The van der Waals surface area contributed by atoms with E-state index in [1.54, 1.807) is 42.3 Å². The molecule has 0 N–H and O–H groups in total. The zero-order valence-electron chi connectivity index (χ0n) is 15.8. The quantitative estimate of drug-likeness (QED) is 0.632. The van der Waals surface area contributed by atoms with Gasteiger partial charge in [-0.3, -0.25) is 4.79 Å². The topological polar surface area (TPSA) is 64.6 Å². The van der Waals surface area contributed by atoms with Crippen molar-refractivity contribution in [1.82, 2.24) is 14.9 Å². The first-order valence-electron chi connectivity index (χ1n) is 9.05. The number of rotatable bonds is 7. The van der Waals surface area contributed by atoms with Crippen molar-refractivity contribution < 1.29 is 14.3 Å². The van der Waals surface area contributed by atoms with E-state index in [1.165, 1.54) is 0 Å². The first-order valence-corrected chi connectivity index (χ1v) is 9.05. The largest absolute Gasteiger partial charge is 0.481 e. The molecule has 0 fully saturated rings. The Morgan fingerprint density at radius 1 is 1.00 bits per heavy atom. The van der Waals surface area contributed by atoms with Crippen molar-refractivity contribution in [2.24, 2.45) is 0 Å².